The monoisotopic (exact) mass is 281 g/mol. The van der Waals surface area contributed by atoms with Crippen LogP contribution < -0.4 is 5.73 Å². The van der Waals surface area contributed by atoms with Crippen molar-refractivity contribution >= 4 is 33.3 Å². The third kappa shape index (κ3) is 2.54. The van der Waals surface area contributed by atoms with E-state index in [1.807, 2.05) is 0 Å². The molecule has 0 aliphatic carbocycles. The SMILES string of the molecule is Nc1nc(Cl)cnc1C(O)C(O)CBr. The maximum atomic E-state index is 9.56. The second kappa shape index (κ2) is 4.88. The average Bonchev–Trinajstić information content (AvgIpc) is 2.15. The van der Waals surface area contributed by atoms with Gasteiger partial charge in [0.05, 0.1) is 12.3 Å². The molecular formula is C7H9BrClN3O2. The lowest BCUT2D eigenvalue weighted by Crippen LogP contribution is -2.22. The number of nitrogens with two attached hydrogens (primary N) is 1. The zero-order valence-corrected chi connectivity index (χ0v) is 9.40. The minimum absolute atomic E-state index is 0.0185. The van der Waals surface area contributed by atoms with Crippen LogP contribution in [0.25, 0.3) is 0 Å². The van der Waals surface area contributed by atoms with E-state index >= 15 is 0 Å². The van der Waals surface area contributed by atoms with Crippen LogP contribution in [0.3, 0.4) is 0 Å². The number of aliphatic hydroxyl groups excluding tert-OH is 2. The molecule has 0 aromatic carbocycles. The van der Waals surface area contributed by atoms with Gasteiger partial charge in [0.2, 0.25) is 0 Å². The molecule has 2 atom stereocenters. The van der Waals surface area contributed by atoms with Crippen molar-refractivity contribution in [3.8, 4) is 0 Å². The standard InChI is InChI=1S/C7H9BrClN3O2/c8-1-3(13)6(14)5-7(10)12-4(9)2-11-5/h2-3,6,13-14H,1H2,(H2,10,12). The molecule has 2 unspecified atom stereocenters. The topological polar surface area (TPSA) is 92.3 Å². The molecule has 14 heavy (non-hydrogen) atoms. The largest absolute Gasteiger partial charge is 0.389 e. The van der Waals surface area contributed by atoms with Crippen LogP contribution in [0.2, 0.25) is 5.15 Å². The molecule has 1 aromatic heterocycles. The molecule has 1 heterocycles. The molecule has 0 spiro atoms. The summed E-state index contributed by atoms with van der Waals surface area (Å²) in [5.41, 5.74) is 5.60. The van der Waals surface area contributed by atoms with Gasteiger partial charge in [0, 0.05) is 5.33 Å². The Bertz CT molecular complexity index is 326. The first-order valence-corrected chi connectivity index (χ1v) is 5.26. The normalized spacial score (nSPS) is 15.1. The number of halogens is 2. The van der Waals surface area contributed by atoms with E-state index in [9.17, 15) is 10.2 Å². The Kier molecular flexibility index (Phi) is 4.06. The maximum Gasteiger partial charge on any atom is 0.149 e. The summed E-state index contributed by atoms with van der Waals surface area (Å²) in [6.07, 6.45) is -0.885. The van der Waals surface area contributed by atoms with Crippen LogP contribution in [-0.2, 0) is 0 Å². The van der Waals surface area contributed by atoms with Crippen LogP contribution in [0, 0.1) is 0 Å². The van der Waals surface area contributed by atoms with Crippen LogP contribution in [0.5, 0.6) is 0 Å². The van der Waals surface area contributed by atoms with E-state index in [4.69, 9.17) is 17.3 Å². The van der Waals surface area contributed by atoms with Gasteiger partial charge in [-0.2, -0.15) is 0 Å². The molecule has 5 nitrogen and oxygen atoms in total. The molecule has 1 rings (SSSR count). The van der Waals surface area contributed by atoms with E-state index in [1.165, 1.54) is 6.20 Å². The molecule has 0 aliphatic heterocycles. The van der Waals surface area contributed by atoms with Gasteiger partial charge in [-0.25, -0.2) is 4.98 Å². The molecule has 78 valence electrons. The lowest BCUT2D eigenvalue weighted by atomic mass is 10.1. The number of aliphatic hydroxyl groups is 2. The number of nitrogen functional groups attached to an aromatic ring is 1. The molecule has 4 N–H and O–H groups in total. The van der Waals surface area contributed by atoms with Crippen LogP contribution in [0.15, 0.2) is 6.20 Å². The van der Waals surface area contributed by atoms with Crippen LogP contribution in [0.4, 0.5) is 5.82 Å². The highest BCUT2D eigenvalue weighted by Gasteiger charge is 2.21. The van der Waals surface area contributed by atoms with Crippen molar-refractivity contribution in [3.63, 3.8) is 0 Å². The van der Waals surface area contributed by atoms with Crippen LogP contribution in [0.1, 0.15) is 11.8 Å². The van der Waals surface area contributed by atoms with Gasteiger partial charge in [-0.05, 0) is 0 Å². The summed E-state index contributed by atoms with van der Waals surface area (Å²) in [5.74, 6) is 0.0185. The molecule has 0 amide bonds. The van der Waals surface area contributed by atoms with E-state index < -0.39 is 12.2 Å². The van der Waals surface area contributed by atoms with Crippen LogP contribution >= 0.6 is 27.5 Å². The van der Waals surface area contributed by atoms with E-state index in [1.54, 1.807) is 0 Å². The second-order valence-corrected chi connectivity index (χ2v) is 3.66. The van der Waals surface area contributed by atoms with E-state index in [-0.39, 0.29) is 22.0 Å². The zero-order valence-electron chi connectivity index (χ0n) is 7.06. The van der Waals surface area contributed by atoms with Crippen molar-refractivity contribution in [3.05, 3.63) is 17.0 Å². The Hall–Kier alpha value is -0.430. The van der Waals surface area contributed by atoms with E-state index in [0.29, 0.717) is 0 Å². The van der Waals surface area contributed by atoms with Crippen LogP contribution in [-0.4, -0.2) is 31.6 Å². The molecule has 0 bridgehead atoms. The fourth-order valence-electron chi connectivity index (χ4n) is 0.885. The van der Waals surface area contributed by atoms with E-state index in [0.717, 1.165) is 0 Å². The minimum Gasteiger partial charge on any atom is -0.389 e. The fourth-order valence-corrected chi connectivity index (χ4v) is 1.38. The first-order chi connectivity index (χ1) is 6.56. The highest BCUT2D eigenvalue weighted by atomic mass is 79.9. The molecule has 0 saturated carbocycles. The van der Waals surface area contributed by atoms with Crippen molar-refractivity contribution in [2.24, 2.45) is 0 Å². The summed E-state index contributed by atoms with van der Waals surface area (Å²) in [7, 11) is 0. The minimum atomic E-state index is -1.17. The fraction of sp³-hybridized carbons (Fsp3) is 0.429. The summed E-state index contributed by atoms with van der Waals surface area (Å²) >= 11 is 8.55. The number of nitrogens with zero attached hydrogens (tertiary/aromatic N) is 2. The molecule has 1 aromatic rings. The average molecular weight is 283 g/mol. The van der Waals surface area contributed by atoms with Gasteiger partial charge in [-0.15, -0.1) is 0 Å². The first-order valence-electron chi connectivity index (χ1n) is 3.76. The van der Waals surface area contributed by atoms with Crippen molar-refractivity contribution in [2.75, 3.05) is 11.1 Å². The van der Waals surface area contributed by atoms with Crippen molar-refractivity contribution < 1.29 is 10.2 Å². The predicted molar refractivity (Wildman–Crippen MR) is 56.2 cm³/mol. The summed E-state index contributed by atoms with van der Waals surface area (Å²) in [6, 6.07) is 0. The molecular weight excluding hydrogens is 273 g/mol. The maximum absolute atomic E-state index is 9.56. The quantitative estimate of drug-likeness (QED) is 0.702. The van der Waals surface area contributed by atoms with Gasteiger partial charge in [0.1, 0.15) is 22.8 Å². The Labute approximate surface area is 94.1 Å². The highest BCUT2D eigenvalue weighted by Crippen LogP contribution is 2.21. The Morgan fingerprint density at radius 3 is 2.71 bits per heavy atom. The Morgan fingerprint density at radius 1 is 1.57 bits per heavy atom. The third-order valence-corrected chi connectivity index (χ3v) is 2.45. The number of aromatic nitrogens is 2. The molecule has 7 heteroatoms. The number of hydrogen-bond donors (Lipinski definition) is 3. The summed E-state index contributed by atoms with van der Waals surface area (Å²) in [5, 5.41) is 19.2. The lowest BCUT2D eigenvalue weighted by molar-refractivity contribution is 0.0318. The lowest BCUT2D eigenvalue weighted by Gasteiger charge is -2.15. The van der Waals surface area contributed by atoms with Crippen molar-refractivity contribution in [1.82, 2.24) is 9.97 Å². The van der Waals surface area contributed by atoms with Gasteiger partial charge in [0.25, 0.3) is 0 Å². The molecule has 0 saturated heterocycles. The zero-order chi connectivity index (χ0) is 10.7. The van der Waals surface area contributed by atoms with Gasteiger partial charge in [-0.1, -0.05) is 27.5 Å². The number of rotatable bonds is 3. The van der Waals surface area contributed by atoms with Gasteiger partial charge in [0.15, 0.2) is 0 Å². The first kappa shape index (κ1) is 11.6. The van der Waals surface area contributed by atoms with E-state index in [2.05, 4.69) is 25.9 Å². The second-order valence-electron chi connectivity index (χ2n) is 2.63. The molecule has 0 fully saturated rings. The summed E-state index contributed by atoms with van der Waals surface area (Å²) in [4.78, 5) is 7.50. The predicted octanol–water partition coefficient (Wildman–Crippen LogP) is 0.501. The van der Waals surface area contributed by atoms with Gasteiger partial charge < -0.3 is 15.9 Å². The Morgan fingerprint density at radius 2 is 2.21 bits per heavy atom. The number of anilines is 1. The highest BCUT2D eigenvalue weighted by molar-refractivity contribution is 9.09. The Balaban J connectivity index is 2.95. The van der Waals surface area contributed by atoms with Gasteiger partial charge in [-0.3, -0.25) is 4.98 Å². The van der Waals surface area contributed by atoms with Gasteiger partial charge >= 0.3 is 0 Å². The summed E-state index contributed by atoms with van der Waals surface area (Å²) < 4.78 is 0. The summed E-state index contributed by atoms with van der Waals surface area (Å²) in [6.45, 7) is 0. The number of hydrogen-bond acceptors (Lipinski definition) is 5. The van der Waals surface area contributed by atoms with Crippen molar-refractivity contribution in [1.29, 1.82) is 0 Å². The number of alkyl halides is 1. The smallest absolute Gasteiger partial charge is 0.149 e. The molecule has 0 radical (unpaired) electrons. The van der Waals surface area contributed by atoms with Crippen molar-refractivity contribution in [2.45, 2.75) is 12.2 Å². The molecule has 0 aliphatic rings. The third-order valence-electron chi connectivity index (χ3n) is 1.60.